The van der Waals surface area contributed by atoms with Gasteiger partial charge >= 0.3 is 11.8 Å². The van der Waals surface area contributed by atoms with Crippen LogP contribution in [0.15, 0.2) is 57.0 Å². The molecule has 0 aliphatic rings. The van der Waals surface area contributed by atoms with E-state index in [1.807, 2.05) is 36.6 Å². The maximum atomic E-state index is 12.1. The number of nitrogens with zero attached hydrogens (tertiary/aromatic N) is 3. The van der Waals surface area contributed by atoms with Crippen LogP contribution in [0.25, 0.3) is 22.6 Å². The zero-order chi connectivity index (χ0) is 17.9. The van der Waals surface area contributed by atoms with Crippen LogP contribution >= 0.6 is 11.3 Å². The lowest BCUT2D eigenvalue weighted by atomic mass is 10.1. The number of nitrogens with one attached hydrogen (secondary N) is 1. The highest BCUT2D eigenvalue weighted by atomic mass is 32.1. The Morgan fingerprint density at radius 1 is 1.19 bits per heavy atom. The van der Waals surface area contributed by atoms with Gasteiger partial charge in [-0.05, 0) is 25.1 Å². The van der Waals surface area contributed by atoms with E-state index < -0.39 is 5.91 Å². The Balaban J connectivity index is 1.51. The molecule has 0 bridgehead atoms. The third-order valence-electron chi connectivity index (χ3n) is 3.66. The fourth-order valence-corrected chi connectivity index (χ4v) is 3.02. The number of carbonyl (C=O) groups is 1. The Bertz CT molecular complexity index is 1040. The maximum absolute atomic E-state index is 12.1. The van der Waals surface area contributed by atoms with E-state index in [9.17, 15) is 4.79 Å². The normalized spacial score (nSPS) is 10.8. The zero-order valence-electron chi connectivity index (χ0n) is 13.8. The molecular weight excluding hydrogens is 352 g/mol. The molecule has 1 N–H and O–H groups in total. The fraction of sp³-hybridized carbons (Fsp3) is 0.111. The molecule has 0 unspecified atom stereocenters. The molecule has 0 fully saturated rings. The molecule has 0 saturated heterocycles. The summed E-state index contributed by atoms with van der Waals surface area (Å²) < 4.78 is 10.2. The molecular formula is C18H14N4O3S. The highest BCUT2D eigenvalue weighted by molar-refractivity contribution is 7.09. The molecule has 7 nitrogen and oxygen atoms in total. The van der Waals surface area contributed by atoms with Crippen LogP contribution in [0.2, 0.25) is 0 Å². The third-order valence-corrected chi connectivity index (χ3v) is 4.43. The predicted molar refractivity (Wildman–Crippen MR) is 95.5 cm³/mol. The van der Waals surface area contributed by atoms with E-state index in [1.165, 1.54) is 0 Å². The van der Waals surface area contributed by atoms with Crippen LogP contribution in [0, 0.1) is 6.92 Å². The molecule has 0 aliphatic heterocycles. The second kappa shape index (κ2) is 6.93. The van der Waals surface area contributed by atoms with E-state index in [4.69, 9.17) is 8.94 Å². The molecule has 4 rings (SSSR count). The Hall–Kier alpha value is -3.26. The van der Waals surface area contributed by atoms with Gasteiger partial charge in [-0.1, -0.05) is 23.4 Å². The fourth-order valence-electron chi connectivity index (χ4n) is 2.40. The van der Waals surface area contributed by atoms with Gasteiger partial charge in [0.05, 0.1) is 23.5 Å². The van der Waals surface area contributed by atoms with Gasteiger partial charge < -0.3 is 14.3 Å². The summed E-state index contributed by atoms with van der Waals surface area (Å²) >= 11 is 1.59. The molecule has 0 spiro atoms. The zero-order valence-corrected chi connectivity index (χ0v) is 14.6. The third kappa shape index (κ3) is 3.40. The van der Waals surface area contributed by atoms with E-state index in [1.54, 1.807) is 29.7 Å². The average Bonchev–Trinajstić information content (AvgIpc) is 3.41. The van der Waals surface area contributed by atoms with E-state index >= 15 is 0 Å². The number of amides is 1. The highest BCUT2D eigenvalue weighted by Gasteiger charge is 2.16. The number of aromatic nitrogens is 3. The monoisotopic (exact) mass is 366 g/mol. The van der Waals surface area contributed by atoms with Crippen LogP contribution in [0.1, 0.15) is 21.5 Å². The van der Waals surface area contributed by atoms with Gasteiger partial charge in [0.15, 0.2) is 0 Å². The van der Waals surface area contributed by atoms with E-state index in [-0.39, 0.29) is 12.4 Å². The Kier molecular flexibility index (Phi) is 4.32. The van der Waals surface area contributed by atoms with Gasteiger partial charge in [-0.2, -0.15) is 4.98 Å². The first-order valence-electron chi connectivity index (χ1n) is 7.86. The first kappa shape index (κ1) is 16.2. The number of rotatable bonds is 5. The van der Waals surface area contributed by atoms with Gasteiger partial charge in [-0.3, -0.25) is 4.79 Å². The van der Waals surface area contributed by atoms with Crippen molar-refractivity contribution in [2.45, 2.75) is 13.5 Å². The lowest BCUT2D eigenvalue weighted by Crippen LogP contribution is -2.22. The molecule has 26 heavy (non-hydrogen) atoms. The standard InChI is InChI=1S/C18H14N4O3S/c1-11-20-15(10-26-11)12-4-2-5-13(8-12)16-21-18(25-22-16)17(23)19-9-14-6-3-7-24-14/h2-8,10H,9H2,1H3,(H,19,23). The number of hydrogen-bond donors (Lipinski definition) is 1. The van der Waals surface area contributed by atoms with E-state index in [2.05, 4.69) is 20.4 Å². The van der Waals surface area contributed by atoms with Gasteiger partial charge in [-0.15, -0.1) is 11.3 Å². The van der Waals surface area contributed by atoms with Crippen LogP contribution in [0.5, 0.6) is 0 Å². The van der Waals surface area contributed by atoms with Crippen molar-refractivity contribution in [2.24, 2.45) is 0 Å². The Labute approximate surface area is 152 Å². The minimum Gasteiger partial charge on any atom is -0.467 e. The van der Waals surface area contributed by atoms with Crippen molar-refractivity contribution in [3.8, 4) is 22.6 Å². The smallest absolute Gasteiger partial charge is 0.316 e. The summed E-state index contributed by atoms with van der Waals surface area (Å²) in [6.07, 6.45) is 1.54. The number of hydrogen-bond acceptors (Lipinski definition) is 7. The minimum atomic E-state index is -0.452. The molecule has 0 atom stereocenters. The summed E-state index contributed by atoms with van der Waals surface area (Å²) in [4.78, 5) is 20.8. The first-order chi connectivity index (χ1) is 12.7. The summed E-state index contributed by atoms with van der Waals surface area (Å²) in [6, 6.07) is 11.2. The summed E-state index contributed by atoms with van der Waals surface area (Å²) in [7, 11) is 0. The predicted octanol–water partition coefficient (Wildman–Crippen LogP) is 3.69. The van der Waals surface area contributed by atoms with Crippen molar-refractivity contribution >= 4 is 17.2 Å². The average molecular weight is 366 g/mol. The topological polar surface area (TPSA) is 94.0 Å². The summed E-state index contributed by atoms with van der Waals surface area (Å²) in [5, 5.41) is 9.57. The summed E-state index contributed by atoms with van der Waals surface area (Å²) in [5.41, 5.74) is 2.61. The second-order valence-corrected chi connectivity index (χ2v) is 6.58. The Morgan fingerprint density at radius 2 is 2.08 bits per heavy atom. The van der Waals surface area contributed by atoms with Gasteiger partial charge in [0.1, 0.15) is 5.76 Å². The molecule has 0 saturated carbocycles. The number of aryl methyl sites for hydroxylation is 1. The van der Waals surface area contributed by atoms with Crippen LogP contribution in [-0.2, 0) is 6.54 Å². The largest absolute Gasteiger partial charge is 0.467 e. The molecule has 0 radical (unpaired) electrons. The van der Waals surface area contributed by atoms with Crippen LogP contribution in [0.4, 0.5) is 0 Å². The minimum absolute atomic E-state index is 0.0959. The molecule has 130 valence electrons. The van der Waals surface area contributed by atoms with Gasteiger partial charge in [0.25, 0.3) is 0 Å². The van der Waals surface area contributed by atoms with Crippen LogP contribution in [0.3, 0.4) is 0 Å². The summed E-state index contributed by atoms with van der Waals surface area (Å²) in [5.74, 6) is 0.444. The quantitative estimate of drug-likeness (QED) is 0.579. The lowest BCUT2D eigenvalue weighted by Gasteiger charge is -1.99. The summed E-state index contributed by atoms with van der Waals surface area (Å²) in [6.45, 7) is 2.22. The SMILES string of the molecule is Cc1nc(-c2cccc(-c3noc(C(=O)NCc4ccco4)n3)c2)cs1. The molecule has 1 aromatic carbocycles. The van der Waals surface area contributed by atoms with Gasteiger partial charge in [-0.25, -0.2) is 4.98 Å². The van der Waals surface area contributed by atoms with Gasteiger partial charge in [0, 0.05) is 16.5 Å². The second-order valence-electron chi connectivity index (χ2n) is 5.52. The van der Waals surface area contributed by atoms with Crippen molar-refractivity contribution in [1.82, 2.24) is 20.4 Å². The number of benzene rings is 1. The number of thiazole rings is 1. The van der Waals surface area contributed by atoms with Crippen molar-refractivity contribution < 1.29 is 13.7 Å². The van der Waals surface area contributed by atoms with Crippen LogP contribution in [-0.4, -0.2) is 21.0 Å². The van der Waals surface area contributed by atoms with Crippen molar-refractivity contribution in [3.05, 3.63) is 64.7 Å². The molecule has 1 amide bonds. The number of carbonyl (C=O) groups excluding carboxylic acids is 1. The number of furan rings is 1. The Morgan fingerprint density at radius 3 is 2.85 bits per heavy atom. The lowest BCUT2D eigenvalue weighted by molar-refractivity contribution is 0.0904. The van der Waals surface area contributed by atoms with Gasteiger partial charge in [0.2, 0.25) is 5.82 Å². The van der Waals surface area contributed by atoms with Crippen molar-refractivity contribution in [3.63, 3.8) is 0 Å². The maximum Gasteiger partial charge on any atom is 0.316 e. The van der Waals surface area contributed by atoms with Crippen molar-refractivity contribution in [2.75, 3.05) is 0 Å². The first-order valence-corrected chi connectivity index (χ1v) is 8.74. The van der Waals surface area contributed by atoms with Crippen molar-refractivity contribution in [1.29, 1.82) is 0 Å². The van der Waals surface area contributed by atoms with E-state index in [0.717, 1.165) is 21.8 Å². The highest BCUT2D eigenvalue weighted by Crippen LogP contribution is 2.25. The molecule has 0 aliphatic carbocycles. The molecule has 3 heterocycles. The molecule has 8 heteroatoms. The molecule has 4 aromatic rings. The molecule has 3 aromatic heterocycles. The van der Waals surface area contributed by atoms with E-state index in [0.29, 0.717) is 11.6 Å². The van der Waals surface area contributed by atoms with Crippen LogP contribution < -0.4 is 5.32 Å².